The Bertz CT molecular complexity index is 116. The number of ether oxygens (including phenoxy) is 1. The third-order valence-corrected chi connectivity index (χ3v) is 2.20. The molecule has 1 saturated heterocycles. The first-order valence-corrected chi connectivity index (χ1v) is 4.53. The van der Waals surface area contributed by atoms with Crippen LogP contribution in [0.1, 0.15) is 39.5 Å². The molecule has 1 heterocycles. The quantitative estimate of drug-likeness (QED) is 0.563. The number of alkyl halides is 1. The summed E-state index contributed by atoms with van der Waals surface area (Å²) in [5, 5.41) is 0. The summed E-state index contributed by atoms with van der Waals surface area (Å²) in [4.78, 5) is 0. The Labute approximate surface area is 67.9 Å². The highest BCUT2D eigenvalue weighted by molar-refractivity contribution is 4.80. The monoisotopic (exact) mass is 160 g/mol. The van der Waals surface area contributed by atoms with Crippen LogP contribution in [0, 0.1) is 0 Å². The number of rotatable bonds is 5. The zero-order valence-electron chi connectivity index (χ0n) is 7.35. The minimum Gasteiger partial charge on any atom is -0.370 e. The molecule has 0 aromatic rings. The van der Waals surface area contributed by atoms with Crippen molar-refractivity contribution in [3.05, 3.63) is 0 Å². The first-order chi connectivity index (χ1) is 5.24. The van der Waals surface area contributed by atoms with Crippen LogP contribution in [0.25, 0.3) is 0 Å². The lowest BCUT2D eigenvalue weighted by molar-refractivity contribution is 0.272. The van der Waals surface area contributed by atoms with Crippen LogP contribution in [0.15, 0.2) is 0 Å². The predicted octanol–water partition coefficient (Wildman–Crippen LogP) is 2.69. The fourth-order valence-corrected chi connectivity index (χ4v) is 1.34. The Balaban J connectivity index is 1.94. The third kappa shape index (κ3) is 3.19. The predicted molar refractivity (Wildman–Crippen MR) is 43.4 cm³/mol. The van der Waals surface area contributed by atoms with Crippen molar-refractivity contribution >= 4 is 0 Å². The summed E-state index contributed by atoms with van der Waals surface area (Å²) >= 11 is 0. The highest BCUT2D eigenvalue weighted by Gasteiger charge is 2.33. The Morgan fingerprint density at radius 2 is 2.09 bits per heavy atom. The molecule has 0 radical (unpaired) electrons. The lowest BCUT2D eigenvalue weighted by Crippen LogP contribution is -2.02. The van der Waals surface area contributed by atoms with E-state index in [4.69, 9.17) is 4.74 Å². The lowest BCUT2D eigenvalue weighted by Gasteiger charge is -2.03. The minimum atomic E-state index is -0.601. The zero-order valence-corrected chi connectivity index (χ0v) is 7.35. The molecule has 3 atom stereocenters. The smallest absolute Gasteiger partial charge is 0.100 e. The average molecular weight is 160 g/mol. The van der Waals surface area contributed by atoms with Gasteiger partial charge < -0.3 is 4.74 Å². The van der Waals surface area contributed by atoms with Gasteiger partial charge >= 0.3 is 0 Å². The van der Waals surface area contributed by atoms with Gasteiger partial charge in [-0.3, -0.25) is 0 Å². The lowest BCUT2D eigenvalue weighted by atomic mass is 10.1. The van der Waals surface area contributed by atoms with Crippen molar-refractivity contribution in [2.24, 2.45) is 0 Å². The maximum Gasteiger partial charge on any atom is 0.100 e. The van der Waals surface area contributed by atoms with E-state index in [2.05, 4.69) is 0 Å². The minimum absolute atomic E-state index is 0.366. The normalized spacial score (nSPS) is 31.9. The average Bonchev–Trinajstić information content (AvgIpc) is 2.63. The molecule has 1 aliphatic rings. The highest BCUT2D eigenvalue weighted by atomic mass is 19.1. The molecule has 66 valence electrons. The number of halogens is 1. The molecule has 11 heavy (non-hydrogen) atoms. The Morgan fingerprint density at radius 3 is 2.55 bits per heavy atom. The van der Waals surface area contributed by atoms with Crippen LogP contribution in [0.4, 0.5) is 4.39 Å². The Kier molecular flexibility index (Phi) is 3.31. The standard InChI is InChI=1S/C9H17FO/c1-3-4-8(10)5-6-9-7(2)11-9/h7-9H,3-6H2,1-2H3. The van der Waals surface area contributed by atoms with E-state index in [0.717, 1.165) is 12.8 Å². The molecule has 0 amide bonds. The van der Waals surface area contributed by atoms with Gasteiger partial charge in [0.2, 0.25) is 0 Å². The van der Waals surface area contributed by atoms with Gasteiger partial charge in [0.15, 0.2) is 0 Å². The summed E-state index contributed by atoms with van der Waals surface area (Å²) < 4.78 is 18.0. The first kappa shape index (κ1) is 8.98. The van der Waals surface area contributed by atoms with Crippen LogP contribution < -0.4 is 0 Å². The van der Waals surface area contributed by atoms with Crippen LogP contribution in [-0.4, -0.2) is 18.4 Å². The largest absolute Gasteiger partial charge is 0.370 e. The fourth-order valence-electron chi connectivity index (χ4n) is 1.34. The van der Waals surface area contributed by atoms with E-state index >= 15 is 0 Å². The van der Waals surface area contributed by atoms with Gasteiger partial charge in [-0.25, -0.2) is 4.39 Å². The Morgan fingerprint density at radius 1 is 1.45 bits per heavy atom. The van der Waals surface area contributed by atoms with E-state index in [-0.39, 0.29) is 0 Å². The van der Waals surface area contributed by atoms with Gasteiger partial charge in [-0.15, -0.1) is 0 Å². The van der Waals surface area contributed by atoms with Crippen molar-refractivity contribution in [1.82, 2.24) is 0 Å². The molecule has 2 heteroatoms. The molecule has 0 saturated carbocycles. The maximum absolute atomic E-state index is 12.9. The highest BCUT2D eigenvalue weighted by Crippen LogP contribution is 2.27. The summed E-state index contributed by atoms with van der Waals surface area (Å²) in [7, 11) is 0. The van der Waals surface area contributed by atoms with Crippen LogP contribution in [0.3, 0.4) is 0 Å². The molecular formula is C9H17FO. The summed E-state index contributed by atoms with van der Waals surface area (Å²) in [5.41, 5.74) is 0. The van der Waals surface area contributed by atoms with Crippen molar-refractivity contribution in [2.45, 2.75) is 57.9 Å². The van der Waals surface area contributed by atoms with Gasteiger partial charge in [0, 0.05) is 0 Å². The number of hydrogen-bond donors (Lipinski definition) is 0. The SMILES string of the molecule is CCCC(F)CCC1OC1C. The molecular weight excluding hydrogens is 143 g/mol. The molecule has 0 spiro atoms. The van der Waals surface area contributed by atoms with E-state index < -0.39 is 6.17 Å². The molecule has 0 bridgehead atoms. The molecule has 0 N–H and O–H groups in total. The summed E-state index contributed by atoms with van der Waals surface area (Å²) in [6.45, 7) is 4.06. The van der Waals surface area contributed by atoms with E-state index in [0.29, 0.717) is 25.0 Å². The van der Waals surface area contributed by atoms with Crippen LogP contribution in [0.5, 0.6) is 0 Å². The Hall–Kier alpha value is -0.110. The molecule has 0 aromatic heterocycles. The van der Waals surface area contributed by atoms with Crippen molar-refractivity contribution in [1.29, 1.82) is 0 Å². The molecule has 1 nitrogen and oxygen atoms in total. The summed E-state index contributed by atoms with van der Waals surface area (Å²) in [6.07, 6.45) is 3.40. The number of epoxide rings is 1. The van der Waals surface area contributed by atoms with Gasteiger partial charge in [0.25, 0.3) is 0 Å². The van der Waals surface area contributed by atoms with Gasteiger partial charge in [-0.2, -0.15) is 0 Å². The second kappa shape index (κ2) is 4.05. The summed E-state index contributed by atoms with van der Waals surface area (Å²) in [5.74, 6) is 0. The van der Waals surface area contributed by atoms with Gasteiger partial charge in [0.1, 0.15) is 6.17 Å². The molecule has 1 rings (SSSR count). The zero-order chi connectivity index (χ0) is 8.27. The van der Waals surface area contributed by atoms with Crippen LogP contribution >= 0.6 is 0 Å². The van der Waals surface area contributed by atoms with E-state index in [1.54, 1.807) is 0 Å². The first-order valence-electron chi connectivity index (χ1n) is 4.53. The van der Waals surface area contributed by atoms with E-state index in [1.165, 1.54) is 0 Å². The topological polar surface area (TPSA) is 12.5 Å². The molecule has 3 unspecified atom stereocenters. The molecule has 1 fully saturated rings. The number of hydrogen-bond acceptors (Lipinski definition) is 1. The van der Waals surface area contributed by atoms with Gasteiger partial charge in [-0.05, 0) is 26.2 Å². The van der Waals surface area contributed by atoms with Crippen molar-refractivity contribution in [3.63, 3.8) is 0 Å². The summed E-state index contributed by atoms with van der Waals surface area (Å²) in [6, 6.07) is 0. The third-order valence-electron chi connectivity index (χ3n) is 2.20. The van der Waals surface area contributed by atoms with Crippen LogP contribution in [-0.2, 0) is 4.74 Å². The molecule has 0 aliphatic carbocycles. The van der Waals surface area contributed by atoms with Crippen molar-refractivity contribution in [2.75, 3.05) is 0 Å². The van der Waals surface area contributed by atoms with E-state index in [1.807, 2.05) is 13.8 Å². The van der Waals surface area contributed by atoms with Gasteiger partial charge in [0.05, 0.1) is 12.2 Å². The van der Waals surface area contributed by atoms with Crippen molar-refractivity contribution < 1.29 is 9.13 Å². The van der Waals surface area contributed by atoms with Gasteiger partial charge in [-0.1, -0.05) is 13.3 Å². The maximum atomic E-state index is 12.9. The van der Waals surface area contributed by atoms with Crippen molar-refractivity contribution in [3.8, 4) is 0 Å². The fraction of sp³-hybridized carbons (Fsp3) is 1.00. The van der Waals surface area contributed by atoms with E-state index in [9.17, 15) is 4.39 Å². The molecule has 1 aliphatic heterocycles. The second-order valence-corrected chi connectivity index (χ2v) is 3.34. The second-order valence-electron chi connectivity index (χ2n) is 3.34. The molecule has 0 aromatic carbocycles. The van der Waals surface area contributed by atoms with Crippen LogP contribution in [0.2, 0.25) is 0 Å².